The highest BCUT2D eigenvalue weighted by molar-refractivity contribution is 9.10. The van der Waals surface area contributed by atoms with Crippen molar-refractivity contribution in [2.45, 2.75) is 19.4 Å². The van der Waals surface area contributed by atoms with E-state index in [0.29, 0.717) is 6.61 Å². The molecule has 4 heteroatoms. The average Bonchev–Trinajstić information content (AvgIpc) is 2.46. The molecule has 0 aliphatic rings. The standard InChI is InChI=1S/C18H21BrClNO/c1-21(2)10-4-6-15-12-17(20)8-9-18(15)22-13-14-5-3-7-16(19)11-14/h3,5,7-9,11-12H,4,6,10,13H2,1-2H3. The predicted molar refractivity (Wildman–Crippen MR) is 96.8 cm³/mol. The van der Waals surface area contributed by atoms with E-state index >= 15 is 0 Å². The van der Waals surface area contributed by atoms with Gasteiger partial charge in [0.25, 0.3) is 0 Å². The molecule has 0 saturated heterocycles. The molecular weight excluding hydrogens is 362 g/mol. The first-order valence-electron chi connectivity index (χ1n) is 7.35. The van der Waals surface area contributed by atoms with Crippen LogP contribution < -0.4 is 4.74 Å². The molecular formula is C18H21BrClNO. The third-order valence-electron chi connectivity index (χ3n) is 3.36. The summed E-state index contributed by atoms with van der Waals surface area (Å²) >= 11 is 9.61. The van der Waals surface area contributed by atoms with Crippen molar-refractivity contribution >= 4 is 27.5 Å². The Balaban J connectivity index is 2.03. The van der Waals surface area contributed by atoms with Gasteiger partial charge in [0.1, 0.15) is 12.4 Å². The summed E-state index contributed by atoms with van der Waals surface area (Å²) in [6.07, 6.45) is 2.05. The van der Waals surface area contributed by atoms with E-state index in [9.17, 15) is 0 Å². The zero-order valence-electron chi connectivity index (χ0n) is 13.0. The number of hydrogen-bond acceptors (Lipinski definition) is 2. The van der Waals surface area contributed by atoms with E-state index in [1.807, 2.05) is 30.3 Å². The van der Waals surface area contributed by atoms with Gasteiger partial charge >= 0.3 is 0 Å². The normalized spacial score (nSPS) is 11.0. The average molecular weight is 383 g/mol. The summed E-state index contributed by atoms with van der Waals surface area (Å²) in [6.45, 7) is 1.61. The number of halogens is 2. The Kier molecular flexibility index (Phi) is 6.74. The summed E-state index contributed by atoms with van der Waals surface area (Å²) in [5, 5.41) is 0.759. The molecule has 0 radical (unpaired) electrons. The van der Waals surface area contributed by atoms with Crippen LogP contribution in [0.2, 0.25) is 5.02 Å². The SMILES string of the molecule is CN(C)CCCc1cc(Cl)ccc1OCc1cccc(Br)c1. The van der Waals surface area contributed by atoms with E-state index in [1.165, 1.54) is 5.56 Å². The first kappa shape index (κ1) is 17.3. The van der Waals surface area contributed by atoms with Crippen LogP contribution in [0.3, 0.4) is 0 Å². The molecule has 0 fully saturated rings. The minimum absolute atomic E-state index is 0.557. The Labute approximate surface area is 146 Å². The van der Waals surface area contributed by atoms with Crippen LogP contribution in [-0.4, -0.2) is 25.5 Å². The van der Waals surface area contributed by atoms with Gasteiger partial charge in [-0.1, -0.05) is 39.7 Å². The number of hydrogen-bond donors (Lipinski definition) is 0. The van der Waals surface area contributed by atoms with Crippen LogP contribution in [0.5, 0.6) is 5.75 Å². The van der Waals surface area contributed by atoms with E-state index < -0.39 is 0 Å². The van der Waals surface area contributed by atoms with Crippen LogP contribution in [-0.2, 0) is 13.0 Å². The maximum Gasteiger partial charge on any atom is 0.123 e. The van der Waals surface area contributed by atoms with Crippen LogP contribution in [0.15, 0.2) is 46.9 Å². The van der Waals surface area contributed by atoms with Gasteiger partial charge in [-0.2, -0.15) is 0 Å². The van der Waals surface area contributed by atoms with Crippen molar-refractivity contribution in [2.24, 2.45) is 0 Å². The fourth-order valence-electron chi connectivity index (χ4n) is 2.26. The van der Waals surface area contributed by atoms with Crippen LogP contribution in [0.25, 0.3) is 0 Å². The lowest BCUT2D eigenvalue weighted by Crippen LogP contribution is -2.13. The Bertz CT molecular complexity index is 616. The summed E-state index contributed by atoms with van der Waals surface area (Å²) in [5.41, 5.74) is 2.31. The minimum atomic E-state index is 0.557. The predicted octanol–water partition coefficient (Wildman–Crippen LogP) is 5.18. The highest BCUT2D eigenvalue weighted by Crippen LogP contribution is 2.25. The molecule has 0 N–H and O–H groups in total. The maximum absolute atomic E-state index is 6.12. The second-order valence-electron chi connectivity index (χ2n) is 5.58. The molecule has 22 heavy (non-hydrogen) atoms. The zero-order valence-corrected chi connectivity index (χ0v) is 15.3. The van der Waals surface area contributed by atoms with Crippen molar-refractivity contribution in [2.75, 3.05) is 20.6 Å². The first-order valence-corrected chi connectivity index (χ1v) is 8.52. The van der Waals surface area contributed by atoms with Gasteiger partial charge in [0.05, 0.1) is 0 Å². The monoisotopic (exact) mass is 381 g/mol. The molecule has 0 amide bonds. The van der Waals surface area contributed by atoms with Crippen molar-refractivity contribution in [3.8, 4) is 5.75 Å². The minimum Gasteiger partial charge on any atom is -0.489 e. The summed E-state index contributed by atoms with van der Waals surface area (Å²) in [5.74, 6) is 0.920. The van der Waals surface area contributed by atoms with Gasteiger partial charge in [-0.05, 0) is 74.9 Å². The number of aryl methyl sites for hydroxylation is 1. The summed E-state index contributed by atoms with van der Waals surface area (Å²) in [7, 11) is 4.17. The third-order valence-corrected chi connectivity index (χ3v) is 4.09. The summed E-state index contributed by atoms with van der Waals surface area (Å²) in [4.78, 5) is 2.19. The maximum atomic E-state index is 6.12. The van der Waals surface area contributed by atoms with Crippen molar-refractivity contribution in [3.63, 3.8) is 0 Å². The number of rotatable bonds is 7. The van der Waals surface area contributed by atoms with Crippen LogP contribution in [0.4, 0.5) is 0 Å². The Morgan fingerprint density at radius 3 is 2.68 bits per heavy atom. The molecule has 2 rings (SSSR count). The Hall–Kier alpha value is -1.03. The topological polar surface area (TPSA) is 12.5 Å². The molecule has 2 aromatic rings. The molecule has 0 aromatic heterocycles. The van der Waals surface area contributed by atoms with E-state index in [-0.39, 0.29) is 0 Å². The fourth-order valence-corrected chi connectivity index (χ4v) is 2.90. The van der Waals surface area contributed by atoms with Crippen molar-refractivity contribution in [3.05, 3.63) is 63.1 Å². The third kappa shape index (κ3) is 5.64. The van der Waals surface area contributed by atoms with Gasteiger partial charge < -0.3 is 9.64 Å². The first-order chi connectivity index (χ1) is 10.5. The van der Waals surface area contributed by atoms with Gasteiger partial charge in [0, 0.05) is 9.50 Å². The molecule has 2 nitrogen and oxygen atoms in total. The molecule has 0 heterocycles. The molecule has 0 spiro atoms. The second kappa shape index (κ2) is 8.56. The van der Waals surface area contributed by atoms with Gasteiger partial charge in [-0.3, -0.25) is 0 Å². The highest BCUT2D eigenvalue weighted by Gasteiger charge is 2.06. The van der Waals surface area contributed by atoms with E-state index in [0.717, 1.165) is 40.2 Å². The highest BCUT2D eigenvalue weighted by atomic mass is 79.9. The Morgan fingerprint density at radius 2 is 1.95 bits per heavy atom. The van der Waals surface area contributed by atoms with Crippen LogP contribution in [0, 0.1) is 0 Å². The lowest BCUT2D eigenvalue weighted by Gasteiger charge is -2.14. The van der Waals surface area contributed by atoms with Crippen LogP contribution in [0.1, 0.15) is 17.5 Å². The smallest absolute Gasteiger partial charge is 0.123 e. The summed E-state index contributed by atoms with van der Waals surface area (Å²) in [6, 6.07) is 14.0. The molecule has 0 atom stereocenters. The van der Waals surface area contributed by atoms with Crippen molar-refractivity contribution < 1.29 is 4.74 Å². The zero-order chi connectivity index (χ0) is 15.9. The molecule has 2 aromatic carbocycles. The van der Waals surface area contributed by atoms with E-state index in [4.69, 9.17) is 16.3 Å². The van der Waals surface area contributed by atoms with E-state index in [2.05, 4.69) is 47.1 Å². The second-order valence-corrected chi connectivity index (χ2v) is 6.93. The molecule has 0 saturated carbocycles. The Morgan fingerprint density at radius 1 is 1.14 bits per heavy atom. The molecule has 0 unspecified atom stereocenters. The van der Waals surface area contributed by atoms with Crippen LogP contribution >= 0.6 is 27.5 Å². The lowest BCUT2D eigenvalue weighted by molar-refractivity contribution is 0.302. The fraction of sp³-hybridized carbons (Fsp3) is 0.333. The van der Waals surface area contributed by atoms with Gasteiger partial charge in [-0.25, -0.2) is 0 Å². The number of benzene rings is 2. The largest absolute Gasteiger partial charge is 0.489 e. The lowest BCUT2D eigenvalue weighted by atomic mass is 10.1. The molecule has 0 aliphatic heterocycles. The summed E-state index contributed by atoms with van der Waals surface area (Å²) < 4.78 is 7.06. The molecule has 0 aliphatic carbocycles. The quantitative estimate of drug-likeness (QED) is 0.654. The number of nitrogens with zero attached hydrogens (tertiary/aromatic N) is 1. The van der Waals surface area contributed by atoms with Gasteiger partial charge in [0.2, 0.25) is 0 Å². The molecule has 0 bridgehead atoms. The van der Waals surface area contributed by atoms with Gasteiger partial charge in [0.15, 0.2) is 0 Å². The number of ether oxygens (including phenoxy) is 1. The van der Waals surface area contributed by atoms with Crippen molar-refractivity contribution in [1.82, 2.24) is 4.90 Å². The van der Waals surface area contributed by atoms with Crippen molar-refractivity contribution in [1.29, 1.82) is 0 Å². The van der Waals surface area contributed by atoms with Gasteiger partial charge in [-0.15, -0.1) is 0 Å². The van der Waals surface area contributed by atoms with E-state index in [1.54, 1.807) is 0 Å². The molecule has 118 valence electrons.